The first kappa shape index (κ1) is 32.6. The van der Waals surface area contributed by atoms with Gasteiger partial charge in [-0.25, -0.2) is 14.8 Å². The Balaban J connectivity index is 1.28. The number of carbonyl (C=O) groups excluding carboxylic acids is 3. The Bertz CT molecular complexity index is 1660. The number of phenols is 1. The predicted octanol–water partition coefficient (Wildman–Crippen LogP) is 4.60. The number of rotatable bonds is 10. The molecule has 2 aliphatic heterocycles. The number of benzene rings is 4. The number of nitrogens with zero attached hydrogens (tertiary/aromatic N) is 4. The van der Waals surface area contributed by atoms with Crippen molar-refractivity contribution in [1.82, 2.24) is 25.1 Å². The molecule has 10 nitrogen and oxygen atoms in total. The van der Waals surface area contributed by atoms with E-state index in [0.717, 1.165) is 28.0 Å². The largest absolute Gasteiger partial charge is 0.508 e. The van der Waals surface area contributed by atoms with Gasteiger partial charge >= 0.3 is 6.03 Å². The Kier molecular flexibility index (Phi) is 9.91. The van der Waals surface area contributed by atoms with E-state index in [1.165, 1.54) is 0 Å². The van der Waals surface area contributed by atoms with E-state index < -0.39 is 12.2 Å². The highest BCUT2D eigenvalue weighted by molar-refractivity contribution is 5.91. The van der Waals surface area contributed by atoms with Crippen LogP contribution in [0.15, 0.2) is 109 Å². The molecule has 6 rings (SSSR count). The van der Waals surface area contributed by atoms with Crippen LogP contribution < -0.4 is 10.1 Å². The number of ether oxygens (including phenoxy) is 1. The molecule has 4 amide bonds. The first-order valence-corrected chi connectivity index (χ1v) is 16.2. The molecule has 48 heavy (non-hydrogen) atoms. The van der Waals surface area contributed by atoms with Gasteiger partial charge in [-0.15, -0.1) is 0 Å². The van der Waals surface area contributed by atoms with Crippen molar-refractivity contribution in [2.45, 2.75) is 37.5 Å². The van der Waals surface area contributed by atoms with Gasteiger partial charge in [0.1, 0.15) is 23.7 Å². The molecule has 2 N–H and O–H groups in total. The number of phenolic OH excluding ortho intramolecular Hbond substituents is 1. The molecule has 0 spiro atoms. The lowest BCUT2D eigenvalue weighted by Crippen LogP contribution is -2.76. The second kappa shape index (κ2) is 14.6. The third-order valence-electron chi connectivity index (χ3n) is 9.21. The van der Waals surface area contributed by atoms with Gasteiger partial charge in [0.15, 0.2) is 0 Å². The van der Waals surface area contributed by atoms with Gasteiger partial charge in [-0.05, 0) is 52.9 Å². The Morgan fingerprint density at radius 3 is 2.08 bits per heavy atom. The van der Waals surface area contributed by atoms with Crippen molar-refractivity contribution in [3.8, 4) is 11.5 Å². The van der Waals surface area contributed by atoms with Gasteiger partial charge in [-0.3, -0.25) is 9.59 Å². The van der Waals surface area contributed by atoms with Gasteiger partial charge in [-0.2, -0.15) is 0 Å². The fourth-order valence-electron chi connectivity index (χ4n) is 6.75. The lowest BCUT2D eigenvalue weighted by molar-refractivity contribution is -0.187. The zero-order valence-corrected chi connectivity index (χ0v) is 27.2. The van der Waals surface area contributed by atoms with E-state index in [0.29, 0.717) is 13.0 Å². The number of hydrazine groups is 1. The molecule has 0 saturated carbocycles. The minimum absolute atomic E-state index is 0.0457. The maximum Gasteiger partial charge on any atom is 0.334 e. The number of fused-ring (bicyclic) bond motifs is 1. The summed E-state index contributed by atoms with van der Waals surface area (Å²) in [5.74, 6) is 0.522. The molecule has 2 saturated heterocycles. The maximum atomic E-state index is 14.3. The summed E-state index contributed by atoms with van der Waals surface area (Å²) in [7, 11) is 3.32. The van der Waals surface area contributed by atoms with Gasteiger partial charge in [0.2, 0.25) is 11.8 Å². The van der Waals surface area contributed by atoms with Crippen molar-refractivity contribution in [1.29, 1.82) is 0 Å². The van der Waals surface area contributed by atoms with Gasteiger partial charge in [0, 0.05) is 32.5 Å². The maximum absolute atomic E-state index is 14.3. The topological polar surface area (TPSA) is 106 Å². The molecule has 4 aromatic rings. The van der Waals surface area contributed by atoms with Crippen molar-refractivity contribution < 1.29 is 24.2 Å². The molecule has 2 aliphatic rings. The highest BCUT2D eigenvalue weighted by atomic mass is 16.5. The number of amides is 4. The molecule has 0 bridgehead atoms. The average molecular weight is 648 g/mol. The Hall–Kier alpha value is -5.35. The number of carbonyl (C=O) groups is 3. The number of urea groups is 1. The predicted molar refractivity (Wildman–Crippen MR) is 182 cm³/mol. The highest BCUT2D eigenvalue weighted by Crippen LogP contribution is 2.32. The van der Waals surface area contributed by atoms with Crippen LogP contribution in [0.1, 0.15) is 34.6 Å². The monoisotopic (exact) mass is 647 g/mol. The van der Waals surface area contributed by atoms with Crippen molar-refractivity contribution in [2.24, 2.45) is 0 Å². The summed E-state index contributed by atoms with van der Waals surface area (Å²) < 4.78 is 5.25. The Morgan fingerprint density at radius 1 is 0.875 bits per heavy atom. The third-order valence-corrected chi connectivity index (χ3v) is 9.21. The van der Waals surface area contributed by atoms with Crippen molar-refractivity contribution in [3.05, 3.63) is 131 Å². The smallest absolute Gasteiger partial charge is 0.334 e. The van der Waals surface area contributed by atoms with Crippen LogP contribution in [0.25, 0.3) is 0 Å². The molecule has 0 aromatic heterocycles. The van der Waals surface area contributed by atoms with E-state index in [9.17, 15) is 19.5 Å². The number of hydrogen-bond acceptors (Lipinski definition) is 6. The van der Waals surface area contributed by atoms with Crippen LogP contribution in [0.2, 0.25) is 0 Å². The molecule has 248 valence electrons. The number of aromatic hydroxyl groups is 1. The summed E-state index contributed by atoms with van der Waals surface area (Å²) >= 11 is 0. The van der Waals surface area contributed by atoms with E-state index in [1.807, 2.05) is 60.7 Å². The molecular formula is C38H41N5O5. The summed E-state index contributed by atoms with van der Waals surface area (Å²) in [6, 6.07) is 33.4. The zero-order chi connectivity index (χ0) is 33.6. The van der Waals surface area contributed by atoms with E-state index in [4.69, 9.17) is 4.74 Å². The molecular weight excluding hydrogens is 606 g/mol. The fraction of sp³-hybridized carbons (Fsp3) is 0.289. The van der Waals surface area contributed by atoms with Gasteiger partial charge < -0.3 is 25.0 Å². The molecule has 4 aromatic carbocycles. The van der Waals surface area contributed by atoms with Gasteiger partial charge in [0.05, 0.1) is 20.2 Å². The van der Waals surface area contributed by atoms with Crippen LogP contribution in [0.3, 0.4) is 0 Å². The molecule has 2 atom stereocenters. The van der Waals surface area contributed by atoms with E-state index in [-0.39, 0.29) is 55.6 Å². The van der Waals surface area contributed by atoms with Crippen LogP contribution in [0, 0.1) is 0 Å². The van der Waals surface area contributed by atoms with Crippen LogP contribution in [0.4, 0.5) is 4.79 Å². The lowest BCUT2D eigenvalue weighted by atomic mass is 9.88. The molecule has 2 heterocycles. The van der Waals surface area contributed by atoms with E-state index >= 15 is 0 Å². The molecule has 0 aliphatic carbocycles. The number of likely N-dealkylation sites (N-methyl/N-ethyl adjacent to an activating group) is 1. The second-order valence-corrected chi connectivity index (χ2v) is 12.3. The number of methoxy groups -OCH3 is 1. The standard InChI is InChI=1S/C38H41N5O5/c1-40-26-36(45)42-34(23-27-13-17-31(44)18-14-27)37(46)41(22-21-33(29-9-5-3-6-10-29)30-11-7-4-8-12-30)25-35(42)43(40)38(47)39-24-28-15-19-32(48-2)20-16-28/h3-20,33-35,44H,21-26H2,1-2H3,(H,39,47)/t34-,35?/m0/s1. The van der Waals surface area contributed by atoms with Crippen LogP contribution in [-0.2, 0) is 22.6 Å². The SMILES string of the molecule is COc1ccc(CNC(=O)N2C3CN(CCC(c4ccccc4)c4ccccc4)C(=O)[C@H](Cc4ccc(O)cc4)N3C(=O)CN2C)cc1. The van der Waals surface area contributed by atoms with Gasteiger partial charge in [-0.1, -0.05) is 84.9 Å². The first-order valence-electron chi connectivity index (χ1n) is 16.2. The Labute approximate surface area is 281 Å². The van der Waals surface area contributed by atoms with Crippen molar-refractivity contribution in [3.63, 3.8) is 0 Å². The van der Waals surface area contributed by atoms with E-state index in [1.54, 1.807) is 58.2 Å². The minimum Gasteiger partial charge on any atom is -0.508 e. The van der Waals surface area contributed by atoms with Crippen LogP contribution in [-0.4, -0.2) is 88.8 Å². The summed E-state index contributed by atoms with van der Waals surface area (Å²) in [5.41, 5.74) is 4.01. The number of nitrogens with one attached hydrogen (secondary N) is 1. The third kappa shape index (κ3) is 7.13. The zero-order valence-electron chi connectivity index (χ0n) is 27.2. The minimum atomic E-state index is -0.821. The summed E-state index contributed by atoms with van der Waals surface area (Å²) in [4.78, 5) is 45.3. The summed E-state index contributed by atoms with van der Waals surface area (Å²) in [5, 5.41) is 16.1. The van der Waals surface area contributed by atoms with Crippen LogP contribution >= 0.6 is 0 Å². The number of hydrogen-bond donors (Lipinski definition) is 2. The van der Waals surface area contributed by atoms with Crippen molar-refractivity contribution in [2.75, 3.05) is 33.8 Å². The fourth-order valence-corrected chi connectivity index (χ4v) is 6.75. The van der Waals surface area contributed by atoms with Crippen molar-refractivity contribution >= 4 is 17.8 Å². The van der Waals surface area contributed by atoms with Gasteiger partial charge in [0.25, 0.3) is 0 Å². The molecule has 2 fully saturated rings. The second-order valence-electron chi connectivity index (χ2n) is 12.3. The summed E-state index contributed by atoms with van der Waals surface area (Å²) in [6.45, 7) is 0.843. The average Bonchev–Trinajstić information content (AvgIpc) is 3.11. The quantitative estimate of drug-likeness (QED) is 0.261. The normalized spacial score (nSPS) is 18.2. The first-order chi connectivity index (χ1) is 23.3. The summed E-state index contributed by atoms with van der Waals surface area (Å²) in [6.07, 6.45) is 0.203. The van der Waals surface area contributed by atoms with E-state index in [2.05, 4.69) is 29.6 Å². The number of piperazine rings is 1. The highest BCUT2D eigenvalue weighted by Gasteiger charge is 2.50. The molecule has 1 unspecified atom stereocenters. The Morgan fingerprint density at radius 2 is 1.48 bits per heavy atom. The molecule has 0 radical (unpaired) electrons. The molecule has 10 heteroatoms. The lowest BCUT2D eigenvalue weighted by Gasteiger charge is -2.54. The van der Waals surface area contributed by atoms with Crippen LogP contribution in [0.5, 0.6) is 11.5 Å².